The van der Waals surface area contributed by atoms with Crippen molar-refractivity contribution in [2.45, 2.75) is 64.0 Å². The van der Waals surface area contributed by atoms with Crippen molar-refractivity contribution in [3.8, 4) is 0 Å². The largest absolute Gasteiger partial charge is 0.480 e. The maximum Gasteiger partial charge on any atom is 0.323 e. The van der Waals surface area contributed by atoms with Crippen LogP contribution in [0.25, 0.3) is 0 Å². The summed E-state index contributed by atoms with van der Waals surface area (Å²) in [6.45, 7) is 1.85. The Morgan fingerprint density at radius 2 is 1.84 bits per heavy atom. The molecule has 2 aliphatic carbocycles. The van der Waals surface area contributed by atoms with E-state index in [2.05, 4.69) is 5.32 Å². The van der Waals surface area contributed by atoms with E-state index in [0.717, 1.165) is 12.8 Å². The Hall–Kier alpha value is -1.26. The Balaban J connectivity index is 1.85. The van der Waals surface area contributed by atoms with Gasteiger partial charge in [-0.05, 0) is 38.5 Å². The van der Waals surface area contributed by atoms with Crippen LogP contribution in [0.1, 0.15) is 51.9 Å². The summed E-state index contributed by atoms with van der Waals surface area (Å²) in [6.07, 6.45) is 7.98. The summed E-state index contributed by atoms with van der Waals surface area (Å²) in [6, 6.07) is 0.0699. The topological polar surface area (TPSA) is 69.6 Å². The number of hydrogen-bond acceptors (Lipinski definition) is 2. The SMILES string of the molecule is CC(NC(=O)N(CC(=O)O)C1CC1)C1CCCCC1. The summed E-state index contributed by atoms with van der Waals surface area (Å²) in [5, 5.41) is 11.9. The fourth-order valence-electron chi connectivity index (χ4n) is 2.93. The molecule has 0 aromatic rings. The molecular weight excluding hydrogens is 244 g/mol. The highest BCUT2D eigenvalue weighted by Gasteiger charge is 2.35. The van der Waals surface area contributed by atoms with Gasteiger partial charge in [0.25, 0.3) is 0 Å². The fourth-order valence-corrected chi connectivity index (χ4v) is 2.93. The molecule has 5 nitrogen and oxygen atoms in total. The first-order valence-electron chi connectivity index (χ1n) is 7.37. The smallest absolute Gasteiger partial charge is 0.323 e. The number of hydrogen-bond donors (Lipinski definition) is 2. The third-order valence-electron chi connectivity index (χ3n) is 4.26. The van der Waals surface area contributed by atoms with Crippen LogP contribution in [0.15, 0.2) is 0 Å². The lowest BCUT2D eigenvalue weighted by Gasteiger charge is -2.30. The number of carbonyl (C=O) groups excluding carboxylic acids is 1. The molecule has 108 valence electrons. The van der Waals surface area contributed by atoms with Gasteiger partial charge in [0, 0.05) is 12.1 Å². The summed E-state index contributed by atoms with van der Waals surface area (Å²) in [5.74, 6) is -0.393. The summed E-state index contributed by atoms with van der Waals surface area (Å²) >= 11 is 0. The van der Waals surface area contributed by atoms with Gasteiger partial charge >= 0.3 is 12.0 Å². The highest BCUT2D eigenvalue weighted by atomic mass is 16.4. The van der Waals surface area contributed by atoms with Gasteiger partial charge in [0.05, 0.1) is 0 Å². The minimum absolute atomic E-state index is 0.134. The van der Waals surface area contributed by atoms with Crippen molar-refractivity contribution >= 4 is 12.0 Å². The number of carboxylic acid groups (broad SMARTS) is 1. The van der Waals surface area contributed by atoms with E-state index in [1.807, 2.05) is 6.92 Å². The minimum atomic E-state index is -0.938. The van der Waals surface area contributed by atoms with Crippen molar-refractivity contribution < 1.29 is 14.7 Å². The van der Waals surface area contributed by atoms with E-state index in [1.165, 1.54) is 37.0 Å². The first-order chi connectivity index (χ1) is 9.08. The molecule has 2 saturated carbocycles. The molecule has 1 atom stereocenters. The number of carbonyl (C=O) groups is 2. The van der Waals surface area contributed by atoms with E-state index in [4.69, 9.17) is 5.11 Å². The predicted octanol–water partition coefficient (Wildman–Crippen LogP) is 2.21. The van der Waals surface area contributed by atoms with Gasteiger partial charge in [-0.15, -0.1) is 0 Å². The maximum atomic E-state index is 12.2. The number of rotatable bonds is 5. The molecule has 0 aromatic heterocycles. The number of carboxylic acids is 1. The maximum absolute atomic E-state index is 12.2. The average molecular weight is 268 g/mol. The molecule has 0 saturated heterocycles. The Morgan fingerprint density at radius 1 is 1.21 bits per heavy atom. The zero-order chi connectivity index (χ0) is 13.8. The number of nitrogens with one attached hydrogen (secondary N) is 1. The van der Waals surface area contributed by atoms with Gasteiger partial charge in [-0.2, -0.15) is 0 Å². The van der Waals surface area contributed by atoms with Crippen molar-refractivity contribution in [2.24, 2.45) is 5.92 Å². The van der Waals surface area contributed by atoms with Crippen molar-refractivity contribution in [1.29, 1.82) is 0 Å². The normalized spacial score (nSPS) is 21.7. The van der Waals surface area contributed by atoms with E-state index in [0.29, 0.717) is 5.92 Å². The lowest BCUT2D eigenvalue weighted by Crippen LogP contribution is -2.49. The van der Waals surface area contributed by atoms with Crippen molar-refractivity contribution in [1.82, 2.24) is 10.2 Å². The van der Waals surface area contributed by atoms with Crippen LogP contribution in [-0.4, -0.2) is 40.6 Å². The van der Waals surface area contributed by atoms with E-state index in [9.17, 15) is 9.59 Å². The third-order valence-corrected chi connectivity index (χ3v) is 4.26. The Morgan fingerprint density at radius 3 is 2.37 bits per heavy atom. The molecule has 2 fully saturated rings. The summed E-state index contributed by atoms with van der Waals surface area (Å²) in [4.78, 5) is 24.5. The highest BCUT2D eigenvalue weighted by molar-refractivity contribution is 5.80. The Kier molecular flexibility index (Phi) is 4.66. The molecule has 5 heteroatoms. The third kappa shape index (κ3) is 4.11. The van der Waals surface area contributed by atoms with Crippen molar-refractivity contribution in [2.75, 3.05) is 6.54 Å². The highest BCUT2D eigenvalue weighted by Crippen LogP contribution is 2.28. The molecule has 2 aliphatic rings. The van der Waals surface area contributed by atoms with Crippen LogP contribution in [0.4, 0.5) is 4.79 Å². The first-order valence-corrected chi connectivity index (χ1v) is 7.37. The van der Waals surface area contributed by atoms with E-state index < -0.39 is 5.97 Å². The van der Waals surface area contributed by atoms with Crippen LogP contribution in [-0.2, 0) is 4.79 Å². The van der Waals surface area contributed by atoms with Crippen LogP contribution in [0.2, 0.25) is 0 Å². The Labute approximate surface area is 114 Å². The molecule has 0 spiro atoms. The van der Waals surface area contributed by atoms with Crippen molar-refractivity contribution in [3.05, 3.63) is 0 Å². The lowest BCUT2D eigenvalue weighted by atomic mass is 9.84. The van der Waals surface area contributed by atoms with Crippen LogP contribution in [0.5, 0.6) is 0 Å². The predicted molar refractivity (Wildman–Crippen MR) is 71.9 cm³/mol. The fraction of sp³-hybridized carbons (Fsp3) is 0.857. The van der Waals surface area contributed by atoms with Gasteiger partial charge in [0.2, 0.25) is 0 Å². The molecule has 0 aliphatic heterocycles. The molecule has 1 unspecified atom stereocenters. The summed E-state index contributed by atoms with van der Waals surface area (Å²) in [5.41, 5.74) is 0. The number of amides is 2. The standard InChI is InChI=1S/C14H24N2O3/c1-10(11-5-3-2-4-6-11)15-14(19)16(9-13(17)18)12-7-8-12/h10-12H,2-9H2,1H3,(H,15,19)(H,17,18). The zero-order valence-corrected chi connectivity index (χ0v) is 11.6. The second kappa shape index (κ2) is 6.26. The lowest BCUT2D eigenvalue weighted by molar-refractivity contribution is -0.137. The molecule has 0 radical (unpaired) electrons. The number of urea groups is 1. The second-order valence-electron chi connectivity index (χ2n) is 5.89. The Bertz CT molecular complexity index is 336. The summed E-state index contributed by atoms with van der Waals surface area (Å²) < 4.78 is 0. The van der Waals surface area contributed by atoms with Crippen LogP contribution in [0.3, 0.4) is 0 Å². The van der Waals surface area contributed by atoms with Crippen molar-refractivity contribution in [3.63, 3.8) is 0 Å². The van der Waals surface area contributed by atoms with Gasteiger partial charge < -0.3 is 15.3 Å². The minimum Gasteiger partial charge on any atom is -0.480 e. The monoisotopic (exact) mass is 268 g/mol. The second-order valence-corrected chi connectivity index (χ2v) is 5.89. The molecule has 19 heavy (non-hydrogen) atoms. The van der Waals surface area contributed by atoms with Gasteiger partial charge in [0.1, 0.15) is 6.54 Å². The molecule has 2 N–H and O–H groups in total. The van der Waals surface area contributed by atoms with E-state index in [-0.39, 0.29) is 24.7 Å². The van der Waals surface area contributed by atoms with E-state index in [1.54, 1.807) is 0 Å². The van der Waals surface area contributed by atoms with Gasteiger partial charge in [-0.3, -0.25) is 4.79 Å². The summed E-state index contributed by atoms with van der Waals surface area (Å²) in [7, 11) is 0. The molecule has 0 bridgehead atoms. The van der Waals surface area contributed by atoms with Crippen LogP contribution in [0, 0.1) is 5.92 Å². The van der Waals surface area contributed by atoms with E-state index >= 15 is 0 Å². The van der Waals surface area contributed by atoms with Gasteiger partial charge in [0.15, 0.2) is 0 Å². The van der Waals surface area contributed by atoms with Gasteiger partial charge in [-0.25, -0.2) is 4.79 Å². The number of aliphatic carboxylic acids is 1. The van der Waals surface area contributed by atoms with Crippen LogP contribution >= 0.6 is 0 Å². The molecule has 2 rings (SSSR count). The quantitative estimate of drug-likeness (QED) is 0.803. The molecule has 0 heterocycles. The number of nitrogens with zero attached hydrogens (tertiary/aromatic N) is 1. The molecule has 2 amide bonds. The first kappa shape index (κ1) is 14.2. The van der Waals surface area contributed by atoms with Gasteiger partial charge in [-0.1, -0.05) is 19.3 Å². The molecule has 0 aromatic carbocycles. The average Bonchev–Trinajstić information content (AvgIpc) is 3.21. The van der Waals surface area contributed by atoms with Crippen LogP contribution < -0.4 is 5.32 Å². The zero-order valence-electron chi connectivity index (χ0n) is 11.6. The molecular formula is C14H24N2O3.